The summed E-state index contributed by atoms with van der Waals surface area (Å²) in [6, 6.07) is 9.24. The molecule has 1 aliphatic rings. The quantitative estimate of drug-likeness (QED) is 0.619. The summed E-state index contributed by atoms with van der Waals surface area (Å²) in [7, 11) is -1.54. The molecule has 1 saturated heterocycles. The molecule has 0 radical (unpaired) electrons. The molecule has 0 bridgehead atoms. The van der Waals surface area contributed by atoms with Crippen LogP contribution in [-0.2, 0) is 38.2 Å². The fourth-order valence-electron chi connectivity index (χ4n) is 3.52. The minimum atomic E-state index is -3.54. The largest absolute Gasteiger partial charge is 0.376 e. The van der Waals surface area contributed by atoms with Crippen molar-refractivity contribution in [2.45, 2.75) is 44.0 Å². The molecule has 160 valence electrons. The second-order valence-corrected chi connectivity index (χ2v) is 9.93. The van der Waals surface area contributed by atoms with Crippen LogP contribution in [0.1, 0.15) is 25.1 Å². The normalized spacial score (nSPS) is 17.9. The molecule has 0 amide bonds. The monoisotopic (exact) mass is 421 g/mol. The van der Waals surface area contributed by atoms with Crippen molar-refractivity contribution in [2.75, 3.05) is 33.4 Å². The van der Waals surface area contributed by atoms with Crippen LogP contribution in [0.15, 0.2) is 41.7 Å². The molecule has 29 heavy (non-hydrogen) atoms. The first-order chi connectivity index (χ1) is 13.8. The summed E-state index contributed by atoms with van der Waals surface area (Å²) in [4.78, 5) is 6.46. The zero-order valence-corrected chi connectivity index (χ0v) is 18.3. The zero-order valence-electron chi connectivity index (χ0n) is 17.5. The van der Waals surface area contributed by atoms with Crippen molar-refractivity contribution in [1.82, 2.24) is 14.5 Å². The number of ether oxygens (including phenoxy) is 2. The average Bonchev–Trinajstić information content (AvgIpc) is 3.05. The first kappa shape index (κ1) is 22.0. The highest BCUT2D eigenvalue weighted by atomic mass is 32.2. The highest BCUT2D eigenvalue weighted by Gasteiger charge is 2.25. The van der Waals surface area contributed by atoms with E-state index < -0.39 is 9.84 Å². The van der Waals surface area contributed by atoms with Gasteiger partial charge in [0.15, 0.2) is 0 Å². The maximum absolute atomic E-state index is 13.1. The summed E-state index contributed by atoms with van der Waals surface area (Å²) in [6.07, 6.45) is 1.73. The SMILES string of the molecule is CC(C)Cn1c(CN(C)C[C@@H]2COCCO2)cnc1S(=O)(=O)Cc1ccccc1. The van der Waals surface area contributed by atoms with Crippen LogP contribution in [-0.4, -0.2) is 62.4 Å². The molecular formula is C21H31N3O4S. The number of benzene rings is 1. The molecule has 8 heteroatoms. The predicted molar refractivity (Wildman–Crippen MR) is 111 cm³/mol. The van der Waals surface area contributed by atoms with E-state index in [1.54, 1.807) is 6.20 Å². The summed E-state index contributed by atoms with van der Waals surface area (Å²) in [5, 5.41) is 0.149. The fraction of sp³-hybridized carbons (Fsp3) is 0.571. The zero-order chi connectivity index (χ0) is 20.9. The van der Waals surface area contributed by atoms with Gasteiger partial charge in [-0.1, -0.05) is 44.2 Å². The molecule has 1 fully saturated rings. The van der Waals surface area contributed by atoms with E-state index in [-0.39, 0.29) is 17.0 Å². The van der Waals surface area contributed by atoms with Gasteiger partial charge in [-0.25, -0.2) is 13.4 Å². The van der Waals surface area contributed by atoms with Gasteiger partial charge in [0.1, 0.15) is 0 Å². The highest BCUT2D eigenvalue weighted by molar-refractivity contribution is 7.90. The van der Waals surface area contributed by atoms with Gasteiger partial charge in [0, 0.05) is 19.6 Å². The van der Waals surface area contributed by atoms with E-state index >= 15 is 0 Å². The van der Waals surface area contributed by atoms with E-state index in [9.17, 15) is 8.42 Å². The van der Waals surface area contributed by atoms with Gasteiger partial charge in [-0.05, 0) is 18.5 Å². The molecule has 0 aliphatic carbocycles. The molecule has 3 rings (SSSR count). The van der Waals surface area contributed by atoms with Crippen LogP contribution in [0.25, 0.3) is 0 Å². The molecule has 1 aliphatic heterocycles. The Kier molecular flexibility index (Phi) is 7.45. The van der Waals surface area contributed by atoms with Gasteiger partial charge in [0.05, 0.1) is 43.6 Å². The molecule has 0 N–H and O–H groups in total. The molecule has 1 aromatic heterocycles. The van der Waals surface area contributed by atoms with Crippen LogP contribution in [0.2, 0.25) is 0 Å². The first-order valence-corrected chi connectivity index (χ1v) is 11.7. The Hall–Kier alpha value is -1.74. The lowest BCUT2D eigenvalue weighted by molar-refractivity contribution is -0.0964. The van der Waals surface area contributed by atoms with Gasteiger partial charge < -0.3 is 14.0 Å². The Morgan fingerprint density at radius 3 is 2.66 bits per heavy atom. The number of nitrogens with zero attached hydrogens (tertiary/aromatic N) is 3. The highest BCUT2D eigenvalue weighted by Crippen LogP contribution is 2.20. The molecule has 2 aromatic rings. The number of hydrogen-bond donors (Lipinski definition) is 0. The average molecular weight is 422 g/mol. The molecule has 2 heterocycles. The van der Waals surface area contributed by atoms with Gasteiger partial charge >= 0.3 is 0 Å². The lowest BCUT2D eigenvalue weighted by Crippen LogP contribution is -2.38. The van der Waals surface area contributed by atoms with Gasteiger partial charge in [-0.3, -0.25) is 4.90 Å². The van der Waals surface area contributed by atoms with Crippen LogP contribution in [0.5, 0.6) is 0 Å². The van der Waals surface area contributed by atoms with Gasteiger partial charge in [0.25, 0.3) is 0 Å². The first-order valence-electron chi connectivity index (χ1n) is 10.0. The second-order valence-electron chi connectivity index (χ2n) is 8.05. The number of likely N-dealkylation sites (N-methyl/N-ethyl adjacent to an activating group) is 1. The Balaban J connectivity index is 1.78. The molecule has 0 unspecified atom stereocenters. The lowest BCUT2D eigenvalue weighted by atomic mass is 10.2. The summed E-state index contributed by atoms with van der Waals surface area (Å²) in [5.74, 6) is 0.250. The predicted octanol–water partition coefficient (Wildman–Crippen LogP) is 2.36. The van der Waals surface area contributed by atoms with Crippen LogP contribution < -0.4 is 0 Å². The van der Waals surface area contributed by atoms with E-state index in [0.717, 1.165) is 17.8 Å². The van der Waals surface area contributed by atoms with Gasteiger partial charge in [-0.15, -0.1) is 0 Å². The van der Waals surface area contributed by atoms with Crippen molar-refractivity contribution >= 4 is 9.84 Å². The number of hydrogen-bond acceptors (Lipinski definition) is 6. The molecular weight excluding hydrogens is 390 g/mol. The lowest BCUT2D eigenvalue weighted by Gasteiger charge is -2.27. The molecule has 0 saturated carbocycles. The number of aromatic nitrogens is 2. The third kappa shape index (κ3) is 6.12. The van der Waals surface area contributed by atoms with Crippen LogP contribution >= 0.6 is 0 Å². The molecule has 1 atom stereocenters. The Morgan fingerprint density at radius 1 is 1.24 bits per heavy atom. The second kappa shape index (κ2) is 9.84. The van der Waals surface area contributed by atoms with Crippen LogP contribution in [0.4, 0.5) is 0 Å². The van der Waals surface area contributed by atoms with Crippen molar-refractivity contribution in [2.24, 2.45) is 5.92 Å². The maximum Gasteiger partial charge on any atom is 0.228 e. The van der Waals surface area contributed by atoms with Gasteiger partial charge in [-0.2, -0.15) is 0 Å². The van der Waals surface area contributed by atoms with E-state index in [1.165, 1.54) is 0 Å². The van der Waals surface area contributed by atoms with Crippen molar-refractivity contribution in [3.63, 3.8) is 0 Å². The summed E-state index contributed by atoms with van der Waals surface area (Å²) in [6.45, 7) is 7.93. The standard InChI is InChI=1S/C21H31N3O4S/c1-17(2)12-24-19(13-23(3)14-20-15-27-9-10-28-20)11-22-21(24)29(25,26)16-18-7-5-4-6-8-18/h4-8,11,17,20H,9-10,12-16H2,1-3H3/t20-/m1/s1. The third-order valence-electron chi connectivity index (χ3n) is 4.76. The summed E-state index contributed by atoms with van der Waals surface area (Å²) in [5.41, 5.74) is 1.66. The summed E-state index contributed by atoms with van der Waals surface area (Å²) >= 11 is 0. The Bertz CT molecular complexity index is 875. The van der Waals surface area contributed by atoms with Crippen molar-refractivity contribution < 1.29 is 17.9 Å². The third-order valence-corrected chi connectivity index (χ3v) is 6.35. The molecule has 1 aromatic carbocycles. The number of sulfone groups is 1. The van der Waals surface area contributed by atoms with Crippen LogP contribution in [0.3, 0.4) is 0 Å². The maximum atomic E-state index is 13.1. The number of imidazole rings is 1. The van der Waals surface area contributed by atoms with E-state index in [2.05, 4.69) is 23.7 Å². The molecule has 7 nitrogen and oxygen atoms in total. The minimum absolute atomic E-state index is 0.0384. The molecule has 0 spiro atoms. The van der Waals surface area contributed by atoms with E-state index in [4.69, 9.17) is 9.47 Å². The summed E-state index contributed by atoms with van der Waals surface area (Å²) < 4.78 is 39.2. The fourth-order valence-corrected chi connectivity index (χ4v) is 5.02. The van der Waals surface area contributed by atoms with E-state index in [0.29, 0.717) is 38.8 Å². The number of rotatable bonds is 9. The Morgan fingerprint density at radius 2 is 2.00 bits per heavy atom. The van der Waals surface area contributed by atoms with Crippen LogP contribution in [0, 0.1) is 5.92 Å². The van der Waals surface area contributed by atoms with E-state index in [1.807, 2.05) is 41.9 Å². The van der Waals surface area contributed by atoms with Crippen molar-refractivity contribution in [3.8, 4) is 0 Å². The van der Waals surface area contributed by atoms with Crippen molar-refractivity contribution in [3.05, 3.63) is 47.8 Å². The van der Waals surface area contributed by atoms with Gasteiger partial charge in [0.2, 0.25) is 15.0 Å². The Labute approximate surface area is 173 Å². The topological polar surface area (TPSA) is 73.7 Å². The van der Waals surface area contributed by atoms with Crippen molar-refractivity contribution in [1.29, 1.82) is 0 Å². The minimum Gasteiger partial charge on any atom is -0.376 e. The smallest absolute Gasteiger partial charge is 0.228 e.